The molecule has 1 aliphatic carbocycles. The molecule has 12 heteroatoms. The highest BCUT2D eigenvalue weighted by atomic mass is 16.5. The van der Waals surface area contributed by atoms with Gasteiger partial charge >= 0.3 is 12.1 Å². The lowest BCUT2D eigenvalue weighted by atomic mass is 9.96. The number of benzene rings is 2. The Morgan fingerprint density at radius 2 is 1.58 bits per heavy atom. The summed E-state index contributed by atoms with van der Waals surface area (Å²) >= 11 is 0. The van der Waals surface area contributed by atoms with Crippen LogP contribution >= 0.6 is 0 Å². The highest BCUT2D eigenvalue weighted by molar-refractivity contribution is 5.92. The van der Waals surface area contributed by atoms with Crippen molar-refractivity contribution in [3.63, 3.8) is 0 Å². The number of unbranched alkanes of at least 4 members (excludes halogenated alkanes) is 1. The van der Waals surface area contributed by atoms with Crippen LogP contribution in [0, 0.1) is 11.8 Å². The number of hydrogen-bond donors (Lipinski definition) is 5. The second-order valence-electron chi connectivity index (χ2n) is 13.2. The van der Waals surface area contributed by atoms with Crippen LogP contribution in [0.5, 0.6) is 0 Å². The van der Waals surface area contributed by atoms with Crippen LogP contribution in [0.3, 0.4) is 0 Å². The van der Waals surface area contributed by atoms with Crippen molar-refractivity contribution in [3.05, 3.63) is 71.8 Å². The molecule has 12 nitrogen and oxygen atoms in total. The molecule has 0 saturated carbocycles. The van der Waals surface area contributed by atoms with Crippen molar-refractivity contribution >= 4 is 29.8 Å². The van der Waals surface area contributed by atoms with Crippen molar-refractivity contribution in [2.75, 3.05) is 26.3 Å². The Hall–Kier alpha value is -4.71. The molecule has 0 spiro atoms. The average molecular weight is 690 g/mol. The van der Waals surface area contributed by atoms with Gasteiger partial charge in [-0.1, -0.05) is 68.5 Å². The van der Waals surface area contributed by atoms with Crippen LogP contribution < -0.4 is 27.0 Å². The molecule has 6 N–H and O–H groups in total. The summed E-state index contributed by atoms with van der Waals surface area (Å²) < 4.78 is 10.7. The average Bonchev–Trinajstić information content (AvgIpc) is 3.65. The van der Waals surface area contributed by atoms with Gasteiger partial charge in [-0.25, -0.2) is 9.59 Å². The van der Waals surface area contributed by atoms with Gasteiger partial charge in [0, 0.05) is 30.5 Å². The molecular weight excluding hydrogens is 638 g/mol. The topological polar surface area (TPSA) is 178 Å². The van der Waals surface area contributed by atoms with E-state index >= 15 is 0 Å². The number of nitrogens with two attached hydrogens (primary N) is 1. The van der Waals surface area contributed by atoms with Crippen LogP contribution in [0.1, 0.15) is 76.3 Å². The highest BCUT2D eigenvalue weighted by Crippen LogP contribution is 2.44. The Morgan fingerprint density at radius 3 is 2.18 bits per heavy atom. The molecule has 4 amide bonds. The van der Waals surface area contributed by atoms with E-state index in [1.54, 1.807) is 6.92 Å². The van der Waals surface area contributed by atoms with E-state index in [0.717, 1.165) is 22.3 Å². The van der Waals surface area contributed by atoms with Crippen LogP contribution in [-0.2, 0) is 28.7 Å². The molecule has 1 saturated heterocycles. The van der Waals surface area contributed by atoms with Gasteiger partial charge in [-0.2, -0.15) is 0 Å². The number of carbonyl (C=O) groups is 5. The lowest BCUT2D eigenvalue weighted by Crippen LogP contribution is -2.55. The number of fused-ring (bicyclic) bond motifs is 3. The predicted octanol–water partition coefficient (Wildman–Crippen LogP) is 3.68. The third-order valence-corrected chi connectivity index (χ3v) is 9.02. The lowest BCUT2D eigenvalue weighted by Gasteiger charge is -2.26. The third kappa shape index (κ3) is 10.6. The van der Waals surface area contributed by atoms with Crippen LogP contribution in [0.25, 0.3) is 11.1 Å². The van der Waals surface area contributed by atoms with Crippen LogP contribution in [0.15, 0.2) is 60.7 Å². The molecule has 1 heterocycles. The van der Waals surface area contributed by atoms with Crippen molar-refractivity contribution in [2.45, 2.75) is 83.3 Å². The molecule has 4 rings (SSSR count). The van der Waals surface area contributed by atoms with E-state index in [4.69, 9.17) is 15.2 Å². The molecular formula is C38H51N5O7. The summed E-state index contributed by atoms with van der Waals surface area (Å²) in [5.41, 5.74) is 10.1. The Balaban J connectivity index is 1.43. The van der Waals surface area contributed by atoms with E-state index in [1.165, 1.54) is 12.2 Å². The normalized spacial score (nSPS) is 17.0. The Kier molecular flexibility index (Phi) is 14.4. The van der Waals surface area contributed by atoms with Crippen molar-refractivity contribution in [1.82, 2.24) is 21.3 Å². The fourth-order valence-electron chi connectivity index (χ4n) is 6.55. The molecule has 2 aromatic rings. The van der Waals surface area contributed by atoms with Gasteiger partial charge < -0.3 is 36.5 Å². The number of hydrogen-bond acceptors (Lipinski definition) is 8. The maximum absolute atomic E-state index is 13.7. The maximum Gasteiger partial charge on any atom is 0.407 e. The van der Waals surface area contributed by atoms with Crippen molar-refractivity contribution in [2.24, 2.45) is 17.6 Å². The zero-order chi connectivity index (χ0) is 36.0. The number of carbonyl (C=O) groups excluding carboxylic acids is 5. The molecule has 2 aliphatic rings. The fourth-order valence-corrected chi connectivity index (χ4v) is 6.55. The van der Waals surface area contributed by atoms with Gasteiger partial charge in [-0.15, -0.1) is 0 Å². The minimum Gasteiger partial charge on any atom is -0.463 e. The smallest absolute Gasteiger partial charge is 0.407 e. The molecule has 4 atom stereocenters. The first-order valence-electron chi connectivity index (χ1n) is 17.7. The van der Waals surface area contributed by atoms with E-state index in [1.807, 2.05) is 50.2 Å². The summed E-state index contributed by atoms with van der Waals surface area (Å²) in [7, 11) is 0. The molecule has 0 unspecified atom stereocenters. The van der Waals surface area contributed by atoms with E-state index < -0.39 is 42.0 Å². The highest BCUT2D eigenvalue weighted by Gasteiger charge is 2.32. The minimum absolute atomic E-state index is 0.0333. The van der Waals surface area contributed by atoms with Gasteiger partial charge in [0.15, 0.2) is 0 Å². The summed E-state index contributed by atoms with van der Waals surface area (Å²) in [4.78, 5) is 65.0. The van der Waals surface area contributed by atoms with Crippen LogP contribution in [0.4, 0.5) is 4.79 Å². The number of alkyl carbamates (subject to hydrolysis) is 1. The first kappa shape index (κ1) is 38.1. The Morgan fingerprint density at radius 1 is 0.920 bits per heavy atom. The summed E-state index contributed by atoms with van der Waals surface area (Å²) in [5.74, 6) is -2.10. The monoisotopic (exact) mass is 689 g/mol. The number of amides is 4. The van der Waals surface area contributed by atoms with Crippen LogP contribution in [-0.4, -0.2) is 74.2 Å². The molecule has 1 fully saturated rings. The van der Waals surface area contributed by atoms with Gasteiger partial charge in [-0.05, 0) is 80.2 Å². The van der Waals surface area contributed by atoms with E-state index in [0.29, 0.717) is 45.2 Å². The molecule has 2 aromatic carbocycles. The minimum atomic E-state index is -0.971. The van der Waals surface area contributed by atoms with Gasteiger partial charge in [0.25, 0.3) is 0 Å². The van der Waals surface area contributed by atoms with Crippen molar-refractivity contribution in [3.8, 4) is 11.1 Å². The van der Waals surface area contributed by atoms with E-state index in [2.05, 4.69) is 33.4 Å². The van der Waals surface area contributed by atoms with Crippen molar-refractivity contribution in [1.29, 1.82) is 0 Å². The predicted molar refractivity (Wildman–Crippen MR) is 190 cm³/mol. The summed E-state index contributed by atoms with van der Waals surface area (Å²) in [6, 6.07) is 13.5. The Bertz CT molecular complexity index is 1480. The fraction of sp³-hybridized carbons (Fsp3) is 0.500. The summed E-state index contributed by atoms with van der Waals surface area (Å²) in [6.45, 7) is 6.82. The Labute approximate surface area is 294 Å². The molecule has 0 radical (unpaired) electrons. The zero-order valence-electron chi connectivity index (χ0n) is 29.2. The number of esters is 1. The largest absolute Gasteiger partial charge is 0.463 e. The van der Waals surface area contributed by atoms with Crippen molar-refractivity contribution < 1.29 is 33.4 Å². The van der Waals surface area contributed by atoms with E-state index in [9.17, 15) is 24.0 Å². The summed E-state index contributed by atoms with van der Waals surface area (Å²) in [5, 5.41) is 11.3. The number of nitrogens with one attached hydrogen (secondary N) is 4. The van der Waals surface area contributed by atoms with Gasteiger partial charge in [-0.3, -0.25) is 14.4 Å². The maximum atomic E-state index is 13.7. The quantitative estimate of drug-likeness (QED) is 0.0894. The first-order chi connectivity index (χ1) is 24.1. The van der Waals surface area contributed by atoms with Gasteiger partial charge in [0.2, 0.25) is 17.7 Å². The second-order valence-corrected chi connectivity index (χ2v) is 13.2. The summed E-state index contributed by atoms with van der Waals surface area (Å²) in [6.07, 6.45) is 4.74. The molecule has 0 aromatic heterocycles. The molecule has 270 valence electrons. The number of ether oxygens (including phenoxy) is 2. The van der Waals surface area contributed by atoms with Crippen LogP contribution in [0.2, 0.25) is 0 Å². The molecule has 50 heavy (non-hydrogen) atoms. The van der Waals surface area contributed by atoms with Gasteiger partial charge in [0.05, 0.1) is 6.61 Å². The number of rotatable bonds is 18. The zero-order valence-corrected chi connectivity index (χ0v) is 29.2. The third-order valence-electron chi connectivity index (χ3n) is 9.02. The molecule has 0 bridgehead atoms. The molecule has 1 aliphatic heterocycles. The first-order valence-corrected chi connectivity index (χ1v) is 17.7. The SMILES string of the molecule is CCOC(=O)C=C[C@H](C[C@@H]1CCNC1=O)NC(=O)[C@H](CC(C)C)NC(=O)[C@H](CCCCN)NC(=O)OCC1c2ccccc2-c2ccccc21. The standard InChI is InChI=1S/C38H51N5O7/c1-4-49-34(44)17-16-26(22-25-18-20-40-35(25)45)41-37(47)33(21-24(2)3)42-36(46)32(15-9-10-19-39)43-38(48)50-23-31-29-13-7-5-11-27(29)28-12-6-8-14-30(28)31/h5-8,11-14,16-17,24-26,31-33H,4,9-10,15,18-23,39H2,1-3H3,(H,40,45)(H,41,47)(H,42,46)(H,43,48)/t25-,26+,32-,33-/m0/s1. The van der Waals surface area contributed by atoms with E-state index in [-0.39, 0.29) is 43.3 Å². The lowest BCUT2D eigenvalue weighted by molar-refractivity contribution is -0.137. The van der Waals surface area contributed by atoms with Gasteiger partial charge in [0.1, 0.15) is 18.7 Å². The second kappa shape index (κ2) is 18.9.